The van der Waals surface area contributed by atoms with Crippen LogP contribution in [0.3, 0.4) is 0 Å². The highest BCUT2D eigenvalue weighted by atomic mass is 35.5. The fourth-order valence-corrected chi connectivity index (χ4v) is 1.72. The van der Waals surface area contributed by atoms with E-state index < -0.39 is 0 Å². The summed E-state index contributed by atoms with van der Waals surface area (Å²) in [6.07, 6.45) is 3.52. The summed E-state index contributed by atoms with van der Waals surface area (Å²) in [5.41, 5.74) is 8.66. The molecule has 0 bridgehead atoms. The summed E-state index contributed by atoms with van der Waals surface area (Å²) >= 11 is 6.06. The number of rotatable bonds is 2. The molecule has 0 aliphatic carbocycles. The Bertz CT molecular complexity index is 476. The zero-order valence-electron chi connectivity index (χ0n) is 8.44. The van der Waals surface area contributed by atoms with Crippen LogP contribution in [0.1, 0.15) is 11.3 Å². The second-order valence-electron chi connectivity index (χ2n) is 3.34. The van der Waals surface area contributed by atoms with Crippen LogP contribution in [0.5, 0.6) is 0 Å². The number of benzene rings is 1. The molecule has 4 heteroatoms. The summed E-state index contributed by atoms with van der Waals surface area (Å²) in [6.45, 7) is 2.45. The van der Waals surface area contributed by atoms with Crippen molar-refractivity contribution in [2.24, 2.45) is 5.73 Å². The van der Waals surface area contributed by atoms with Gasteiger partial charge in [-0.2, -0.15) is 0 Å². The minimum atomic E-state index is 0.464. The van der Waals surface area contributed by atoms with Gasteiger partial charge in [-0.15, -0.1) is 0 Å². The van der Waals surface area contributed by atoms with Crippen molar-refractivity contribution in [2.75, 3.05) is 0 Å². The third kappa shape index (κ3) is 1.76. The Morgan fingerprint density at radius 2 is 2.27 bits per heavy atom. The first-order chi connectivity index (χ1) is 7.24. The molecule has 1 heterocycles. The van der Waals surface area contributed by atoms with Crippen molar-refractivity contribution >= 4 is 11.6 Å². The van der Waals surface area contributed by atoms with E-state index in [0.29, 0.717) is 6.54 Å². The van der Waals surface area contributed by atoms with E-state index in [-0.39, 0.29) is 0 Å². The molecule has 1 aromatic carbocycles. The number of imidazole rings is 1. The minimum absolute atomic E-state index is 0.464. The molecular weight excluding hydrogens is 210 g/mol. The van der Waals surface area contributed by atoms with Gasteiger partial charge in [0.2, 0.25) is 0 Å². The van der Waals surface area contributed by atoms with Crippen molar-refractivity contribution in [1.29, 1.82) is 0 Å². The number of nitrogens with two attached hydrogens (primary N) is 1. The van der Waals surface area contributed by atoms with Crippen LogP contribution in [0, 0.1) is 6.92 Å². The van der Waals surface area contributed by atoms with Gasteiger partial charge >= 0.3 is 0 Å². The summed E-state index contributed by atoms with van der Waals surface area (Å²) in [4.78, 5) is 4.08. The van der Waals surface area contributed by atoms with E-state index in [1.54, 1.807) is 12.5 Å². The first-order valence-corrected chi connectivity index (χ1v) is 5.08. The van der Waals surface area contributed by atoms with Crippen molar-refractivity contribution in [3.63, 3.8) is 0 Å². The van der Waals surface area contributed by atoms with E-state index in [0.717, 1.165) is 22.0 Å². The Hall–Kier alpha value is -1.32. The Kier molecular flexibility index (Phi) is 2.75. The van der Waals surface area contributed by atoms with Gasteiger partial charge in [0, 0.05) is 17.8 Å². The summed E-state index contributed by atoms with van der Waals surface area (Å²) in [6, 6.07) is 5.80. The average molecular weight is 222 g/mol. The fraction of sp³-hybridized carbons (Fsp3) is 0.182. The van der Waals surface area contributed by atoms with Crippen molar-refractivity contribution in [3.05, 3.63) is 47.0 Å². The standard InChI is InChI=1S/C11H12ClN3/c1-8-10(12)3-2-4-11(8)15-7-14-6-9(15)5-13/h2-4,6-7H,5,13H2,1H3. The molecule has 0 radical (unpaired) electrons. The van der Waals surface area contributed by atoms with Gasteiger partial charge in [0.05, 0.1) is 17.7 Å². The molecule has 0 atom stereocenters. The first-order valence-electron chi connectivity index (χ1n) is 4.71. The highest BCUT2D eigenvalue weighted by Crippen LogP contribution is 2.22. The van der Waals surface area contributed by atoms with E-state index in [9.17, 15) is 0 Å². The molecule has 1 aromatic heterocycles. The first kappa shape index (κ1) is 10.2. The predicted octanol–water partition coefficient (Wildman–Crippen LogP) is 2.29. The van der Waals surface area contributed by atoms with Gasteiger partial charge in [-0.05, 0) is 24.6 Å². The number of aromatic nitrogens is 2. The third-order valence-corrected chi connectivity index (χ3v) is 2.83. The maximum absolute atomic E-state index is 6.06. The zero-order chi connectivity index (χ0) is 10.8. The van der Waals surface area contributed by atoms with Crippen molar-refractivity contribution in [1.82, 2.24) is 9.55 Å². The largest absolute Gasteiger partial charge is 0.325 e. The lowest BCUT2D eigenvalue weighted by molar-refractivity contribution is 0.904. The Labute approximate surface area is 93.5 Å². The monoisotopic (exact) mass is 221 g/mol. The van der Waals surface area contributed by atoms with Crippen LogP contribution in [0.25, 0.3) is 5.69 Å². The molecule has 0 aliphatic heterocycles. The number of hydrogen-bond donors (Lipinski definition) is 1. The lowest BCUT2D eigenvalue weighted by Crippen LogP contribution is -2.05. The maximum atomic E-state index is 6.06. The normalized spacial score (nSPS) is 10.6. The van der Waals surface area contributed by atoms with Gasteiger partial charge in [-0.25, -0.2) is 4.98 Å². The average Bonchev–Trinajstić information content (AvgIpc) is 2.70. The van der Waals surface area contributed by atoms with E-state index in [2.05, 4.69) is 4.98 Å². The Balaban J connectivity index is 2.59. The van der Waals surface area contributed by atoms with Gasteiger partial charge < -0.3 is 10.3 Å². The lowest BCUT2D eigenvalue weighted by atomic mass is 10.2. The van der Waals surface area contributed by atoms with Gasteiger partial charge in [0.1, 0.15) is 0 Å². The molecule has 3 nitrogen and oxygen atoms in total. The molecule has 0 amide bonds. The highest BCUT2D eigenvalue weighted by molar-refractivity contribution is 6.31. The Morgan fingerprint density at radius 3 is 3.00 bits per heavy atom. The molecule has 0 saturated heterocycles. The van der Waals surface area contributed by atoms with Crippen molar-refractivity contribution in [3.8, 4) is 5.69 Å². The molecule has 2 aromatic rings. The van der Waals surface area contributed by atoms with Crippen LogP contribution >= 0.6 is 11.6 Å². The smallest absolute Gasteiger partial charge is 0.0994 e. The SMILES string of the molecule is Cc1c(Cl)cccc1-n1cncc1CN. The van der Waals surface area contributed by atoms with Crippen LogP contribution in [0.15, 0.2) is 30.7 Å². The van der Waals surface area contributed by atoms with E-state index in [4.69, 9.17) is 17.3 Å². The molecule has 15 heavy (non-hydrogen) atoms. The third-order valence-electron chi connectivity index (χ3n) is 2.42. The van der Waals surface area contributed by atoms with Gasteiger partial charge in [0.25, 0.3) is 0 Å². The zero-order valence-corrected chi connectivity index (χ0v) is 9.20. The summed E-state index contributed by atoms with van der Waals surface area (Å²) in [7, 11) is 0. The predicted molar refractivity (Wildman–Crippen MR) is 61.2 cm³/mol. The Morgan fingerprint density at radius 1 is 1.47 bits per heavy atom. The molecule has 0 unspecified atom stereocenters. The van der Waals surface area contributed by atoms with E-state index >= 15 is 0 Å². The molecule has 78 valence electrons. The van der Waals surface area contributed by atoms with Crippen molar-refractivity contribution < 1.29 is 0 Å². The quantitative estimate of drug-likeness (QED) is 0.846. The summed E-state index contributed by atoms with van der Waals surface area (Å²) < 4.78 is 1.96. The van der Waals surface area contributed by atoms with Crippen LogP contribution in [0.2, 0.25) is 5.02 Å². The van der Waals surface area contributed by atoms with E-state index in [1.165, 1.54) is 0 Å². The number of nitrogens with zero attached hydrogens (tertiary/aromatic N) is 2. The topological polar surface area (TPSA) is 43.8 Å². The molecule has 0 aliphatic rings. The summed E-state index contributed by atoms with van der Waals surface area (Å²) in [5.74, 6) is 0. The van der Waals surface area contributed by atoms with Crippen LogP contribution in [0.4, 0.5) is 0 Å². The minimum Gasteiger partial charge on any atom is -0.325 e. The molecule has 0 fully saturated rings. The number of halogens is 1. The molecule has 0 saturated carbocycles. The van der Waals surface area contributed by atoms with E-state index in [1.807, 2.05) is 29.7 Å². The maximum Gasteiger partial charge on any atom is 0.0994 e. The van der Waals surface area contributed by atoms with Crippen LogP contribution in [-0.4, -0.2) is 9.55 Å². The van der Waals surface area contributed by atoms with Crippen LogP contribution in [-0.2, 0) is 6.54 Å². The molecular formula is C11H12ClN3. The molecule has 0 spiro atoms. The highest BCUT2D eigenvalue weighted by Gasteiger charge is 2.07. The number of hydrogen-bond acceptors (Lipinski definition) is 2. The van der Waals surface area contributed by atoms with Crippen LogP contribution < -0.4 is 5.73 Å². The van der Waals surface area contributed by atoms with Gasteiger partial charge in [0.15, 0.2) is 0 Å². The fourth-order valence-electron chi connectivity index (χ4n) is 1.55. The van der Waals surface area contributed by atoms with Gasteiger partial charge in [-0.1, -0.05) is 17.7 Å². The second kappa shape index (κ2) is 4.04. The lowest BCUT2D eigenvalue weighted by Gasteiger charge is -2.10. The van der Waals surface area contributed by atoms with Gasteiger partial charge in [-0.3, -0.25) is 0 Å². The second-order valence-corrected chi connectivity index (χ2v) is 3.75. The molecule has 2 N–H and O–H groups in total. The molecule has 2 rings (SSSR count). The summed E-state index contributed by atoms with van der Waals surface area (Å²) in [5, 5.41) is 0.754. The van der Waals surface area contributed by atoms with Crippen molar-refractivity contribution in [2.45, 2.75) is 13.5 Å².